The Morgan fingerprint density at radius 1 is 0.500 bits per heavy atom. The fourth-order valence-corrected chi connectivity index (χ4v) is 4.95. The van der Waals surface area contributed by atoms with Gasteiger partial charge in [0.2, 0.25) is 0 Å². The average Bonchev–Trinajstić information content (AvgIpc) is 3.03. The molecule has 42 heavy (non-hydrogen) atoms. The van der Waals surface area contributed by atoms with Crippen LogP contribution in [-0.2, 0) is 0 Å². The summed E-state index contributed by atoms with van der Waals surface area (Å²) in [6.07, 6.45) is 0. The summed E-state index contributed by atoms with van der Waals surface area (Å²) in [5.74, 6) is 0.147. The summed E-state index contributed by atoms with van der Waals surface area (Å²) in [5.41, 5.74) is 6.32. The number of amides is 2. The second-order valence-corrected chi connectivity index (χ2v) is 9.87. The van der Waals surface area contributed by atoms with Crippen LogP contribution in [0.25, 0.3) is 22.3 Å². The van der Waals surface area contributed by atoms with Crippen LogP contribution in [-0.4, -0.2) is 35.1 Å². The zero-order valence-corrected chi connectivity index (χ0v) is 23.6. The summed E-state index contributed by atoms with van der Waals surface area (Å²) < 4.78 is 0. The highest BCUT2D eigenvalue weighted by molar-refractivity contribution is 6.08. The molecule has 0 saturated heterocycles. The van der Waals surface area contributed by atoms with E-state index in [2.05, 4.69) is 0 Å². The van der Waals surface area contributed by atoms with E-state index in [-0.39, 0.29) is 23.3 Å². The van der Waals surface area contributed by atoms with E-state index in [0.29, 0.717) is 35.6 Å². The predicted octanol–water partition coefficient (Wildman–Crippen LogP) is 7.77. The third-order valence-corrected chi connectivity index (χ3v) is 7.24. The van der Waals surface area contributed by atoms with Crippen LogP contribution in [0.2, 0.25) is 0 Å². The summed E-state index contributed by atoms with van der Waals surface area (Å²) in [5, 5.41) is 19.1. The molecule has 0 spiro atoms. The molecule has 210 valence electrons. The van der Waals surface area contributed by atoms with E-state index >= 15 is 0 Å². The molecular weight excluding hydrogens is 524 g/mol. The molecular formula is C36H32N2O4. The molecule has 0 aliphatic rings. The molecule has 0 unspecified atom stereocenters. The monoisotopic (exact) mass is 556 g/mol. The number of phenolic OH excluding ortho intramolecular Hbond substituents is 2. The maximum atomic E-state index is 13.5. The molecule has 6 nitrogen and oxygen atoms in total. The van der Waals surface area contributed by atoms with Crippen molar-refractivity contribution in [2.24, 2.45) is 0 Å². The molecule has 5 rings (SSSR count). The quantitative estimate of drug-likeness (QED) is 0.205. The largest absolute Gasteiger partial charge is 0.508 e. The molecule has 5 aromatic rings. The number of carbonyl (C=O) groups is 2. The van der Waals surface area contributed by atoms with Crippen LogP contribution >= 0.6 is 0 Å². The smallest absolute Gasteiger partial charge is 0.258 e. The SMILES string of the molecule is CCN(C(=O)c1ccc(-c2ccc(O)cc2)cc1)c1cccc(N(CC)C(=O)c2ccc(-c3ccc(O)cc3)cc2)c1. The zero-order chi connectivity index (χ0) is 29.6. The van der Waals surface area contributed by atoms with E-state index in [1.807, 2.05) is 86.6 Å². The molecule has 0 fully saturated rings. The molecule has 0 atom stereocenters. The molecule has 0 aliphatic carbocycles. The van der Waals surface area contributed by atoms with Gasteiger partial charge in [0.05, 0.1) is 0 Å². The number of hydrogen-bond acceptors (Lipinski definition) is 4. The van der Waals surface area contributed by atoms with Crippen LogP contribution in [0.3, 0.4) is 0 Å². The third kappa shape index (κ3) is 6.03. The lowest BCUT2D eigenvalue weighted by Crippen LogP contribution is -2.32. The van der Waals surface area contributed by atoms with Gasteiger partial charge in [-0.15, -0.1) is 0 Å². The summed E-state index contributed by atoms with van der Waals surface area (Å²) in [7, 11) is 0. The Hall–Kier alpha value is -5.36. The van der Waals surface area contributed by atoms with Gasteiger partial charge in [-0.05, 0) is 103 Å². The zero-order valence-electron chi connectivity index (χ0n) is 23.6. The van der Waals surface area contributed by atoms with E-state index in [1.54, 1.807) is 58.3 Å². The van der Waals surface area contributed by atoms with Gasteiger partial charge in [-0.3, -0.25) is 9.59 Å². The van der Waals surface area contributed by atoms with Crippen molar-refractivity contribution in [3.05, 3.63) is 132 Å². The Balaban J connectivity index is 1.35. The Morgan fingerprint density at radius 3 is 1.12 bits per heavy atom. The topological polar surface area (TPSA) is 81.1 Å². The number of hydrogen-bond donors (Lipinski definition) is 2. The van der Waals surface area contributed by atoms with Crippen LogP contribution in [0.4, 0.5) is 11.4 Å². The normalized spacial score (nSPS) is 10.7. The minimum Gasteiger partial charge on any atom is -0.508 e. The number of phenols is 2. The number of anilines is 2. The number of benzene rings is 5. The van der Waals surface area contributed by atoms with Gasteiger partial charge in [-0.2, -0.15) is 0 Å². The molecule has 6 heteroatoms. The molecule has 0 radical (unpaired) electrons. The van der Waals surface area contributed by atoms with Crippen molar-refractivity contribution < 1.29 is 19.8 Å². The number of aromatic hydroxyl groups is 2. The number of rotatable bonds is 8. The van der Waals surface area contributed by atoms with Crippen LogP contribution in [0.15, 0.2) is 121 Å². The lowest BCUT2D eigenvalue weighted by atomic mass is 10.0. The van der Waals surface area contributed by atoms with Crippen molar-refractivity contribution in [1.29, 1.82) is 0 Å². The molecule has 0 saturated carbocycles. The van der Waals surface area contributed by atoms with Gasteiger partial charge >= 0.3 is 0 Å². The Kier molecular flexibility index (Phi) is 8.34. The molecule has 0 aromatic heterocycles. The highest BCUT2D eigenvalue weighted by Gasteiger charge is 2.20. The lowest BCUT2D eigenvalue weighted by molar-refractivity contribution is 0.0981. The first kappa shape index (κ1) is 28.2. The maximum Gasteiger partial charge on any atom is 0.258 e. The van der Waals surface area contributed by atoms with Crippen LogP contribution in [0, 0.1) is 0 Å². The van der Waals surface area contributed by atoms with Crippen molar-refractivity contribution in [3.63, 3.8) is 0 Å². The molecule has 2 amide bonds. The summed E-state index contributed by atoms with van der Waals surface area (Å²) in [6, 6.07) is 36.2. The van der Waals surface area contributed by atoms with Gasteiger partial charge in [-0.1, -0.05) is 54.6 Å². The Labute approximate surface area is 245 Å². The van der Waals surface area contributed by atoms with Crippen LogP contribution in [0.1, 0.15) is 34.6 Å². The maximum absolute atomic E-state index is 13.5. The first-order valence-electron chi connectivity index (χ1n) is 13.9. The van der Waals surface area contributed by atoms with Crippen molar-refractivity contribution in [2.45, 2.75) is 13.8 Å². The van der Waals surface area contributed by atoms with Crippen molar-refractivity contribution in [2.75, 3.05) is 22.9 Å². The molecule has 2 N–H and O–H groups in total. The summed E-state index contributed by atoms with van der Waals surface area (Å²) >= 11 is 0. The van der Waals surface area contributed by atoms with E-state index < -0.39 is 0 Å². The predicted molar refractivity (Wildman–Crippen MR) is 168 cm³/mol. The Morgan fingerprint density at radius 2 is 0.810 bits per heavy atom. The molecule has 0 aliphatic heterocycles. The van der Waals surface area contributed by atoms with E-state index in [1.165, 1.54) is 0 Å². The number of carbonyl (C=O) groups excluding carboxylic acids is 2. The second kappa shape index (κ2) is 12.4. The minimum atomic E-state index is -0.133. The lowest BCUT2D eigenvalue weighted by Gasteiger charge is -2.25. The highest BCUT2D eigenvalue weighted by atomic mass is 16.3. The van der Waals surface area contributed by atoms with E-state index in [0.717, 1.165) is 22.3 Å². The van der Waals surface area contributed by atoms with Crippen molar-refractivity contribution in [3.8, 4) is 33.8 Å². The highest BCUT2D eigenvalue weighted by Crippen LogP contribution is 2.28. The van der Waals surface area contributed by atoms with Crippen LogP contribution in [0.5, 0.6) is 11.5 Å². The fourth-order valence-electron chi connectivity index (χ4n) is 4.95. The van der Waals surface area contributed by atoms with Crippen molar-refractivity contribution in [1.82, 2.24) is 0 Å². The van der Waals surface area contributed by atoms with Gasteiger partial charge in [0.1, 0.15) is 11.5 Å². The van der Waals surface area contributed by atoms with E-state index in [4.69, 9.17) is 0 Å². The molecule has 0 heterocycles. The first-order chi connectivity index (χ1) is 20.4. The average molecular weight is 557 g/mol. The summed E-state index contributed by atoms with van der Waals surface area (Å²) in [6.45, 7) is 4.77. The van der Waals surface area contributed by atoms with E-state index in [9.17, 15) is 19.8 Å². The third-order valence-electron chi connectivity index (χ3n) is 7.24. The van der Waals surface area contributed by atoms with Crippen LogP contribution < -0.4 is 9.80 Å². The summed E-state index contributed by atoms with van der Waals surface area (Å²) in [4.78, 5) is 30.5. The minimum absolute atomic E-state index is 0.133. The van der Waals surface area contributed by atoms with Gasteiger partial charge in [-0.25, -0.2) is 0 Å². The molecule has 5 aromatic carbocycles. The second-order valence-electron chi connectivity index (χ2n) is 9.87. The van der Waals surface area contributed by atoms with Gasteiger partial charge in [0, 0.05) is 35.6 Å². The van der Waals surface area contributed by atoms with Crippen molar-refractivity contribution >= 4 is 23.2 Å². The molecule has 0 bridgehead atoms. The first-order valence-corrected chi connectivity index (χ1v) is 13.9. The van der Waals surface area contributed by atoms with Gasteiger partial charge in [0.15, 0.2) is 0 Å². The fraction of sp³-hybridized carbons (Fsp3) is 0.111. The van der Waals surface area contributed by atoms with Gasteiger partial charge in [0.25, 0.3) is 11.8 Å². The van der Waals surface area contributed by atoms with Gasteiger partial charge < -0.3 is 20.0 Å². The Bertz CT molecular complexity index is 1550. The standard InChI is InChI=1S/C36H32N2O4/c1-3-37(35(41)29-12-8-25(9-13-29)27-16-20-33(39)21-17-27)31-6-5-7-32(24-31)38(4-2)36(42)30-14-10-26(11-15-30)28-18-22-34(40)23-19-28/h5-24,39-40H,3-4H2,1-2H3. The number of nitrogens with zero attached hydrogens (tertiary/aromatic N) is 2.